The Morgan fingerprint density at radius 1 is 1.11 bits per heavy atom. The Hall–Kier alpha value is -1.95. The van der Waals surface area contributed by atoms with E-state index in [2.05, 4.69) is 16.8 Å². The molecule has 140 valence electrons. The van der Waals surface area contributed by atoms with Crippen LogP contribution in [0, 0.1) is 0 Å². The van der Waals surface area contributed by atoms with Gasteiger partial charge in [-0.1, -0.05) is 47.1 Å². The minimum absolute atomic E-state index is 0.553. The molecule has 1 aromatic heterocycles. The van der Waals surface area contributed by atoms with E-state index in [0.29, 0.717) is 23.2 Å². The molecule has 0 radical (unpaired) electrons. The van der Waals surface area contributed by atoms with Gasteiger partial charge in [0.25, 0.3) is 0 Å². The van der Waals surface area contributed by atoms with Crippen LogP contribution < -0.4 is 4.74 Å². The second kappa shape index (κ2) is 9.31. The molecule has 0 bridgehead atoms. The Morgan fingerprint density at radius 3 is 2.56 bits per heavy atom. The molecular formula is C20H19Cl2N3OS. The Morgan fingerprint density at radius 2 is 1.89 bits per heavy atom. The van der Waals surface area contributed by atoms with Gasteiger partial charge in [0.1, 0.15) is 5.75 Å². The van der Waals surface area contributed by atoms with Crippen LogP contribution in [0.25, 0.3) is 11.4 Å². The largest absolute Gasteiger partial charge is 0.494 e. The molecule has 3 rings (SSSR count). The van der Waals surface area contributed by atoms with Gasteiger partial charge in [-0.2, -0.15) is 0 Å². The lowest BCUT2D eigenvalue weighted by Gasteiger charge is -2.09. The minimum Gasteiger partial charge on any atom is -0.494 e. The number of allylic oxidation sites excluding steroid dienone is 1. The molecule has 3 aromatic rings. The number of rotatable bonds is 8. The van der Waals surface area contributed by atoms with Gasteiger partial charge in [0.15, 0.2) is 11.0 Å². The van der Waals surface area contributed by atoms with Crippen LogP contribution in [0.5, 0.6) is 5.75 Å². The number of hydrogen-bond acceptors (Lipinski definition) is 4. The SMILES string of the molecule is C=CCn1c(SCc2ccc(Cl)c(Cl)c2)nnc1-c1ccc(OCC)cc1. The van der Waals surface area contributed by atoms with Gasteiger partial charge in [-0.15, -0.1) is 16.8 Å². The Balaban J connectivity index is 1.81. The lowest BCUT2D eigenvalue weighted by atomic mass is 10.2. The van der Waals surface area contributed by atoms with Gasteiger partial charge in [-0.05, 0) is 48.9 Å². The number of halogens is 2. The first-order valence-electron chi connectivity index (χ1n) is 8.46. The quantitative estimate of drug-likeness (QED) is 0.325. The molecule has 0 N–H and O–H groups in total. The first kappa shape index (κ1) is 19.8. The number of hydrogen-bond donors (Lipinski definition) is 0. The summed E-state index contributed by atoms with van der Waals surface area (Å²) in [6.45, 7) is 7.08. The van der Waals surface area contributed by atoms with Gasteiger partial charge in [0.2, 0.25) is 0 Å². The third-order valence-electron chi connectivity index (χ3n) is 3.80. The summed E-state index contributed by atoms with van der Waals surface area (Å²) in [5, 5.41) is 10.7. The van der Waals surface area contributed by atoms with Crippen molar-refractivity contribution in [3.8, 4) is 17.1 Å². The van der Waals surface area contributed by atoms with E-state index < -0.39 is 0 Å². The first-order valence-corrected chi connectivity index (χ1v) is 10.2. The van der Waals surface area contributed by atoms with E-state index in [1.54, 1.807) is 17.8 Å². The molecule has 0 saturated heterocycles. The minimum atomic E-state index is 0.553. The number of thioether (sulfide) groups is 1. The van der Waals surface area contributed by atoms with Crippen LogP contribution in [0.4, 0.5) is 0 Å². The van der Waals surface area contributed by atoms with Crippen LogP contribution >= 0.6 is 35.0 Å². The third kappa shape index (κ3) is 4.86. The lowest BCUT2D eigenvalue weighted by Crippen LogP contribution is -2.01. The average Bonchev–Trinajstić information content (AvgIpc) is 3.07. The van der Waals surface area contributed by atoms with E-state index in [4.69, 9.17) is 27.9 Å². The fourth-order valence-electron chi connectivity index (χ4n) is 2.55. The molecule has 0 amide bonds. The number of aromatic nitrogens is 3. The van der Waals surface area contributed by atoms with Crippen molar-refractivity contribution in [2.24, 2.45) is 0 Å². The van der Waals surface area contributed by atoms with Crippen LogP contribution in [-0.4, -0.2) is 21.4 Å². The van der Waals surface area contributed by atoms with Gasteiger partial charge in [0.05, 0.1) is 16.7 Å². The molecule has 0 aliphatic rings. The summed E-state index contributed by atoms with van der Waals surface area (Å²) in [4.78, 5) is 0. The normalized spacial score (nSPS) is 10.8. The maximum Gasteiger partial charge on any atom is 0.192 e. The van der Waals surface area contributed by atoms with E-state index in [0.717, 1.165) is 33.6 Å². The zero-order valence-electron chi connectivity index (χ0n) is 14.9. The average molecular weight is 420 g/mol. The molecule has 27 heavy (non-hydrogen) atoms. The molecule has 0 aliphatic carbocycles. The van der Waals surface area contributed by atoms with E-state index in [1.165, 1.54) is 0 Å². The van der Waals surface area contributed by atoms with Gasteiger partial charge < -0.3 is 4.74 Å². The van der Waals surface area contributed by atoms with Crippen LogP contribution in [0.1, 0.15) is 12.5 Å². The lowest BCUT2D eigenvalue weighted by molar-refractivity contribution is 0.340. The molecule has 0 aliphatic heterocycles. The van der Waals surface area contributed by atoms with Crippen molar-refractivity contribution in [2.45, 2.75) is 24.4 Å². The molecule has 7 heteroatoms. The highest BCUT2D eigenvalue weighted by atomic mass is 35.5. The molecule has 0 fully saturated rings. The van der Waals surface area contributed by atoms with Crippen molar-refractivity contribution in [3.05, 3.63) is 70.7 Å². The van der Waals surface area contributed by atoms with E-state index in [9.17, 15) is 0 Å². The first-order chi connectivity index (χ1) is 13.1. The Kier molecular flexibility index (Phi) is 6.83. The molecule has 1 heterocycles. The van der Waals surface area contributed by atoms with Crippen molar-refractivity contribution in [3.63, 3.8) is 0 Å². The summed E-state index contributed by atoms with van der Waals surface area (Å²) in [5.74, 6) is 2.36. The van der Waals surface area contributed by atoms with E-state index >= 15 is 0 Å². The zero-order valence-corrected chi connectivity index (χ0v) is 17.2. The number of ether oxygens (including phenoxy) is 1. The molecule has 0 atom stereocenters. The highest BCUT2D eigenvalue weighted by Gasteiger charge is 2.14. The number of nitrogens with zero attached hydrogens (tertiary/aromatic N) is 3. The van der Waals surface area contributed by atoms with Crippen molar-refractivity contribution in [2.75, 3.05) is 6.61 Å². The molecule has 4 nitrogen and oxygen atoms in total. The summed E-state index contributed by atoms with van der Waals surface area (Å²) in [5.41, 5.74) is 2.05. The highest BCUT2D eigenvalue weighted by molar-refractivity contribution is 7.98. The predicted molar refractivity (Wildman–Crippen MR) is 113 cm³/mol. The van der Waals surface area contributed by atoms with Crippen LogP contribution in [0.3, 0.4) is 0 Å². The molecule has 0 unspecified atom stereocenters. The maximum atomic E-state index is 6.10. The van der Waals surface area contributed by atoms with Crippen LogP contribution in [0.2, 0.25) is 10.0 Å². The van der Waals surface area contributed by atoms with Crippen LogP contribution in [0.15, 0.2) is 60.3 Å². The van der Waals surface area contributed by atoms with Gasteiger partial charge >= 0.3 is 0 Å². The molecular weight excluding hydrogens is 401 g/mol. The predicted octanol–water partition coefficient (Wildman–Crippen LogP) is 6.13. The third-order valence-corrected chi connectivity index (χ3v) is 5.58. The molecule has 0 spiro atoms. The monoisotopic (exact) mass is 419 g/mol. The van der Waals surface area contributed by atoms with Gasteiger partial charge in [-0.25, -0.2) is 0 Å². The fourth-order valence-corrected chi connectivity index (χ4v) is 3.76. The van der Waals surface area contributed by atoms with Gasteiger partial charge in [-0.3, -0.25) is 4.57 Å². The summed E-state index contributed by atoms with van der Waals surface area (Å²) < 4.78 is 7.55. The zero-order chi connectivity index (χ0) is 19.2. The standard InChI is InChI=1S/C20H19Cl2N3OS/c1-3-11-25-19(15-6-8-16(9-7-15)26-4-2)23-24-20(25)27-13-14-5-10-17(21)18(22)12-14/h3,5-10,12H,1,4,11,13H2,2H3. The summed E-state index contributed by atoms with van der Waals surface area (Å²) >= 11 is 13.7. The van der Waals surface area contributed by atoms with E-state index in [-0.39, 0.29) is 0 Å². The topological polar surface area (TPSA) is 39.9 Å². The Labute approximate surface area is 173 Å². The van der Waals surface area contributed by atoms with E-state index in [1.807, 2.05) is 54.0 Å². The number of benzene rings is 2. The van der Waals surface area contributed by atoms with Crippen molar-refractivity contribution in [1.29, 1.82) is 0 Å². The molecule has 0 saturated carbocycles. The van der Waals surface area contributed by atoms with Gasteiger partial charge in [0, 0.05) is 17.9 Å². The van der Waals surface area contributed by atoms with Crippen LogP contribution in [-0.2, 0) is 12.3 Å². The summed E-state index contributed by atoms with van der Waals surface area (Å²) in [6.07, 6.45) is 1.84. The summed E-state index contributed by atoms with van der Waals surface area (Å²) in [6, 6.07) is 13.5. The highest BCUT2D eigenvalue weighted by Crippen LogP contribution is 2.29. The van der Waals surface area contributed by atoms with Crippen molar-refractivity contribution in [1.82, 2.24) is 14.8 Å². The second-order valence-electron chi connectivity index (χ2n) is 5.70. The Bertz CT molecular complexity index is 925. The van der Waals surface area contributed by atoms with Crippen molar-refractivity contribution < 1.29 is 4.74 Å². The summed E-state index contributed by atoms with van der Waals surface area (Å²) in [7, 11) is 0. The van der Waals surface area contributed by atoms with Crippen molar-refractivity contribution >= 4 is 35.0 Å². The second-order valence-corrected chi connectivity index (χ2v) is 7.46. The smallest absolute Gasteiger partial charge is 0.192 e. The fraction of sp³-hybridized carbons (Fsp3) is 0.200. The maximum absolute atomic E-state index is 6.10. The molecule has 2 aromatic carbocycles.